The number of hydrogen-bond donors (Lipinski definition) is 1. The highest BCUT2D eigenvalue weighted by atomic mass is 16.5. The largest absolute Gasteiger partial charge is 0.481 e. The third-order valence-electron chi connectivity index (χ3n) is 5.29. The van der Waals surface area contributed by atoms with E-state index in [-0.39, 0.29) is 6.42 Å². The lowest BCUT2D eigenvalue weighted by atomic mass is 9.75. The Bertz CT molecular complexity index is 404. The van der Waals surface area contributed by atoms with Gasteiger partial charge in [-0.1, -0.05) is 25.0 Å². The van der Waals surface area contributed by atoms with Crippen LogP contribution in [0.15, 0.2) is 12.2 Å². The number of unbranched alkanes of at least 4 members (excludes halogenated alkanes) is 4. The number of fused-ring (bicyclic) bond motifs is 2. The molecule has 130 valence electrons. The van der Waals surface area contributed by atoms with E-state index < -0.39 is 5.97 Å². The van der Waals surface area contributed by atoms with Crippen molar-refractivity contribution in [1.82, 2.24) is 0 Å². The number of carbonyl (C=O) groups excluding carboxylic acids is 1. The smallest absolute Gasteiger partial charge is 0.303 e. The Morgan fingerprint density at radius 2 is 1.78 bits per heavy atom. The highest BCUT2D eigenvalue weighted by Crippen LogP contribution is 2.47. The zero-order valence-electron chi connectivity index (χ0n) is 14.0. The number of ether oxygens (including phenoxy) is 1. The van der Waals surface area contributed by atoms with Crippen molar-refractivity contribution in [3.63, 3.8) is 0 Å². The van der Waals surface area contributed by atoms with E-state index in [9.17, 15) is 9.59 Å². The lowest BCUT2D eigenvalue weighted by Crippen LogP contribution is -2.26. The molecular weight excluding hydrogens is 292 g/mol. The van der Waals surface area contributed by atoms with Gasteiger partial charge in [0.1, 0.15) is 6.29 Å². The fourth-order valence-corrected chi connectivity index (χ4v) is 4.12. The van der Waals surface area contributed by atoms with E-state index in [1.54, 1.807) is 0 Å². The van der Waals surface area contributed by atoms with Crippen LogP contribution in [0.5, 0.6) is 0 Å². The monoisotopic (exact) mass is 322 g/mol. The van der Waals surface area contributed by atoms with E-state index in [2.05, 4.69) is 12.2 Å². The lowest BCUT2D eigenvalue weighted by molar-refractivity contribution is -0.137. The van der Waals surface area contributed by atoms with Crippen molar-refractivity contribution in [2.45, 2.75) is 82.8 Å². The first-order chi connectivity index (χ1) is 11.2. The minimum absolute atomic E-state index is 0.255. The molecule has 4 nitrogen and oxygen atoms in total. The Balaban J connectivity index is 1.69. The van der Waals surface area contributed by atoms with Crippen molar-refractivity contribution in [2.24, 2.45) is 11.8 Å². The topological polar surface area (TPSA) is 63.6 Å². The number of carbonyl (C=O) groups is 2. The molecule has 2 bridgehead atoms. The van der Waals surface area contributed by atoms with Gasteiger partial charge in [-0.25, -0.2) is 0 Å². The van der Waals surface area contributed by atoms with Gasteiger partial charge in [0.15, 0.2) is 0 Å². The lowest BCUT2D eigenvalue weighted by Gasteiger charge is -2.27. The van der Waals surface area contributed by atoms with E-state index in [0.717, 1.165) is 38.4 Å². The van der Waals surface area contributed by atoms with Crippen LogP contribution in [0.25, 0.3) is 0 Å². The van der Waals surface area contributed by atoms with Crippen molar-refractivity contribution in [1.29, 1.82) is 0 Å². The third-order valence-corrected chi connectivity index (χ3v) is 5.29. The second-order valence-corrected chi connectivity index (χ2v) is 6.92. The Morgan fingerprint density at radius 1 is 1.00 bits per heavy atom. The maximum absolute atomic E-state index is 10.5. The van der Waals surface area contributed by atoms with Gasteiger partial charge in [0.2, 0.25) is 0 Å². The van der Waals surface area contributed by atoms with E-state index in [0.29, 0.717) is 30.5 Å². The molecule has 0 aromatic rings. The van der Waals surface area contributed by atoms with Crippen LogP contribution in [-0.4, -0.2) is 29.6 Å². The van der Waals surface area contributed by atoms with Crippen LogP contribution >= 0.6 is 0 Å². The van der Waals surface area contributed by atoms with Crippen LogP contribution in [0.1, 0.15) is 70.6 Å². The molecule has 2 aliphatic heterocycles. The summed E-state index contributed by atoms with van der Waals surface area (Å²) in [7, 11) is 0. The van der Waals surface area contributed by atoms with Crippen LogP contribution in [0, 0.1) is 11.8 Å². The Morgan fingerprint density at radius 3 is 2.52 bits per heavy atom. The molecular formula is C19H30O4. The number of carboxylic acids is 1. The van der Waals surface area contributed by atoms with E-state index in [1.807, 2.05) is 0 Å². The Hall–Kier alpha value is -1.16. The molecule has 0 saturated carbocycles. The first-order valence-corrected chi connectivity index (χ1v) is 9.18. The molecule has 2 saturated heterocycles. The van der Waals surface area contributed by atoms with Crippen LogP contribution in [-0.2, 0) is 14.3 Å². The second-order valence-electron chi connectivity index (χ2n) is 6.92. The molecule has 0 radical (unpaired) electrons. The molecule has 0 amide bonds. The highest BCUT2D eigenvalue weighted by molar-refractivity contribution is 5.66. The average Bonchev–Trinajstić information content (AvgIpc) is 3.12. The Kier molecular flexibility index (Phi) is 7.80. The molecule has 2 heterocycles. The SMILES string of the molecule is O=CCCCCC[C@@H]1[C@H](CC=CCCCC(=O)O)[C@@H]2CC[C@H]1O2. The fourth-order valence-electron chi connectivity index (χ4n) is 4.12. The first-order valence-electron chi connectivity index (χ1n) is 9.18. The molecule has 2 fully saturated rings. The highest BCUT2D eigenvalue weighted by Gasteiger charge is 2.47. The zero-order valence-corrected chi connectivity index (χ0v) is 14.0. The van der Waals surface area contributed by atoms with Crippen molar-refractivity contribution in [3.05, 3.63) is 12.2 Å². The normalized spacial score (nSPS) is 29.4. The molecule has 1 N–H and O–H groups in total. The minimum atomic E-state index is -0.713. The minimum Gasteiger partial charge on any atom is -0.481 e. The average molecular weight is 322 g/mol. The van der Waals surface area contributed by atoms with Gasteiger partial charge in [0, 0.05) is 12.8 Å². The molecule has 4 heteroatoms. The summed E-state index contributed by atoms with van der Waals surface area (Å²) in [5.74, 6) is 0.596. The van der Waals surface area contributed by atoms with Crippen molar-refractivity contribution < 1.29 is 19.4 Å². The van der Waals surface area contributed by atoms with Gasteiger partial charge < -0.3 is 14.6 Å². The van der Waals surface area contributed by atoms with Crippen LogP contribution in [0.2, 0.25) is 0 Å². The number of allylic oxidation sites excluding steroid dienone is 2. The maximum Gasteiger partial charge on any atom is 0.303 e. The number of hydrogen-bond acceptors (Lipinski definition) is 3. The summed E-state index contributed by atoms with van der Waals surface area (Å²) in [4.78, 5) is 20.8. The molecule has 2 rings (SSSR count). The Labute approximate surface area is 139 Å². The molecule has 0 aliphatic carbocycles. The van der Waals surface area contributed by atoms with Crippen molar-refractivity contribution in [3.8, 4) is 0 Å². The van der Waals surface area contributed by atoms with Gasteiger partial charge >= 0.3 is 5.97 Å². The van der Waals surface area contributed by atoms with Crippen LogP contribution in [0.4, 0.5) is 0 Å². The standard InChI is InChI=1S/C19H30O4/c20-14-8-4-3-6-10-16-15(17-12-13-18(16)23-17)9-5-1-2-7-11-19(21)22/h1,5,14-18H,2-4,6-13H2,(H,21,22)/t15-,16+,17-,18+/m0/s1. The predicted octanol–water partition coefficient (Wildman–Crippen LogP) is 4.13. The van der Waals surface area contributed by atoms with Gasteiger partial charge in [-0.3, -0.25) is 4.79 Å². The van der Waals surface area contributed by atoms with Crippen LogP contribution < -0.4 is 0 Å². The summed E-state index contributed by atoms with van der Waals surface area (Å²) in [6.45, 7) is 0. The summed E-state index contributed by atoms with van der Waals surface area (Å²) in [5.41, 5.74) is 0. The molecule has 0 spiro atoms. The molecule has 0 aromatic heterocycles. The first kappa shape index (κ1) is 18.2. The van der Waals surface area contributed by atoms with E-state index >= 15 is 0 Å². The molecule has 0 aromatic carbocycles. The third kappa shape index (κ3) is 5.76. The summed E-state index contributed by atoms with van der Waals surface area (Å²) in [6, 6.07) is 0. The molecule has 2 aliphatic rings. The summed E-state index contributed by atoms with van der Waals surface area (Å²) in [5, 5.41) is 8.63. The van der Waals surface area contributed by atoms with E-state index in [1.165, 1.54) is 25.7 Å². The maximum atomic E-state index is 10.5. The van der Waals surface area contributed by atoms with Crippen molar-refractivity contribution in [2.75, 3.05) is 0 Å². The molecule has 23 heavy (non-hydrogen) atoms. The van der Waals surface area contributed by atoms with Gasteiger partial charge in [0.25, 0.3) is 0 Å². The van der Waals surface area contributed by atoms with Crippen molar-refractivity contribution >= 4 is 12.3 Å². The van der Waals surface area contributed by atoms with Gasteiger partial charge in [0.05, 0.1) is 12.2 Å². The predicted molar refractivity (Wildman–Crippen MR) is 89.3 cm³/mol. The zero-order chi connectivity index (χ0) is 16.5. The van der Waals surface area contributed by atoms with Crippen LogP contribution in [0.3, 0.4) is 0 Å². The number of aliphatic carboxylic acids is 1. The molecule has 4 atom stereocenters. The number of carboxylic acid groups (broad SMARTS) is 1. The second kappa shape index (κ2) is 9.86. The van der Waals surface area contributed by atoms with Gasteiger partial charge in [-0.15, -0.1) is 0 Å². The summed E-state index contributed by atoms with van der Waals surface area (Å²) in [6.07, 6.45) is 16.8. The number of aldehydes is 1. The quantitative estimate of drug-likeness (QED) is 0.333. The fraction of sp³-hybridized carbons (Fsp3) is 0.789. The van der Waals surface area contributed by atoms with Gasteiger partial charge in [-0.2, -0.15) is 0 Å². The number of rotatable bonds is 12. The molecule has 0 unspecified atom stereocenters. The summed E-state index contributed by atoms with van der Waals surface area (Å²) >= 11 is 0. The summed E-state index contributed by atoms with van der Waals surface area (Å²) < 4.78 is 6.12. The van der Waals surface area contributed by atoms with Gasteiger partial charge in [-0.05, 0) is 56.8 Å². The van der Waals surface area contributed by atoms with E-state index in [4.69, 9.17) is 9.84 Å².